The van der Waals surface area contributed by atoms with Gasteiger partial charge in [-0.05, 0) is 25.9 Å². The monoisotopic (exact) mass is 280 g/mol. The van der Waals surface area contributed by atoms with Crippen molar-refractivity contribution in [3.63, 3.8) is 0 Å². The highest BCUT2D eigenvalue weighted by molar-refractivity contribution is 7.99. The first-order valence-corrected chi connectivity index (χ1v) is 8.60. The summed E-state index contributed by atoms with van der Waals surface area (Å²) >= 11 is 2.08. The van der Waals surface area contributed by atoms with Gasteiger partial charge in [-0.15, -0.1) is 0 Å². The molecule has 0 spiro atoms. The fourth-order valence-corrected chi connectivity index (χ4v) is 4.03. The molecule has 2 aliphatic heterocycles. The average Bonchev–Trinajstić information content (AvgIpc) is 2.95. The molecule has 2 saturated heterocycles. The number of piperidine rings is 1. The Labute approximate surface area is 120 Å². The van der Waals surface area contributed by atoms with Gasteiger partial charge in [0.2, 0.25) is 0 Å². The lowest BCUT2D eigenvalue weighted by Gasteiger charge is -2.27. The van der Waals surface area contributed by atoms with Crippen LogP contribution in [0.5, 0.6) is 0 Å². The third-order valence-corrected chi connectivity index (χ3v) is 5.21. The Morgan fingerprint density at radius 1 is 1.21 bits per heavy atom. The van der Waals surface area contributed by atoms with E-state index in [2.05, 4.69) is 37.7 Å². The summed E-state index contributed by atoms with van der Waals surface area (Å²) in [5.41, 5.74) is 1.45. The van der Waals surface area contributed by atoms with Gasteiger partial charge in [0.1, 0.15) is 0 Å². The van der Waals surface area contributed by atoms with Gasteiger partial charge in [0.15, 0.2) is 0 Å². The highest BCUT2D eigenvalue weighted by Crippen LogP contribution is 2.24. The summed E-state index contributed by atoms with van der Waals surface area (Å²) in [4.78, 5) is 6.97. The molecule has 3 rings (SSSR count). The quantitative estimate of drug-likeness (QED) is 0.904. The molecule has 2 aliphatic rings. The number of hydrogen-bond acceptors (Lipinski definition) is 4. The summed E-state index contributed by atoms with van der Waals surface area (Å²) < 4.78 is 2.39. The summed E-state index contributed by atoms with van der Waals surface area (Å²) in [5, 5.41) is 3.44. The molecule has 3 heterocycles. The molecule has 1 aromatic heterocycles. The van der Waals surface area contributed by atoms with Crippen molar-refractivity contribution in [2.75, 3.05) is 44.2 Å². The number of rotatable bonds is 4. The van der Waals surface area contributed by atoms with E-state index in [1.807, 2.05) is 6.33 Å². The van der Waals surface area contributed by atoms with E-state index in [-0.39, 0.29) is 0 Å². The van der Waals surface area contributed by atoms with Crippen LogP contribution in [0.3, 0.4) is 0 Å². The van der Waals surface area contributed by atoms with Crippen LogP contribution in [-0.4, -0.2) is 58.7 Å². The lowest BCUT2D eigenvalue weighted by molar-refractivity contribution is 0.286. The zero-order valence-corrected chi connectivity index (χ0v) is 12.4. The Bertz CT molecular complexity index is 381. The molecule has 0 unspecified atom stereocenters. The molecule has 1 N–H and O–H groups in total. The van der Waals surface area contributed by atoms with Gasteiger partial charge in [0.05, 0.1) is 6.33 Å². The third kappa shape index (κ3) is 3.52. The van der Waals surface area contributed by atoms with Crippen LogP contribution in [0.4, 0.5) is 0 Å². The molecule has 0 radical (unpaired) electrons. The first kappa shape index (κ1) is 13.5. The van der Waals surface area contributed by atoms with Gasteiger partial charge in [-0.25, -0.2) is 4.98 Å². The molecule has 1 aromatic rings. The number of thioether (sulfide) groups is 1. The maximum atomic E-state index is 4.38. The van der Waals surface area contributed by atoms with E-state index in [0.717, 1.165) is 19.6 Å². The van der Waals surface area contributed by atoms with Gasteiger partial charge >= 0.3 is 0 Å². The van der Waals surface area contributed by atoms with E-state index in [1.54, 1.807) is 0 Å². The summed E-state index contributed by atoms with van der Waals surface area (Å²) in [6, 6.07) is 0. The molecule has 0 saturated carbocycles. The van der Waals surface area contributed by atoms with E-state index < -0.39 is 0 Å². The second-order valence-electron chi connectivity index (χ2n) is 5.49. The molecule has 106 valence electrons. The average molecular weight is 280 g/mol. The normalized spacial score (nSPS) is 22.7. The molecular weight excluding hydrogens is 256 g/mol. The minimum Gasteiger partial charge on any atom is -0.333 e. The van der Waals surface area contributed by atoms with Crippen LogP contribution >= 0.6 is 11.8 Å². The highest BCUT2D eigenvalue weighted by atomic mass is 32.2. The molecule has 0 atom stereocenters. The van der Waals surface area contributed by atoms with Crippen LogP contribution in [0.2, 0.25) is 0 Å². The molecule has 0 aliphatic carbocycles. The van der Waals surface area contributed by atoms with Crippen molar-refractivity contribution in [3.8, 4) is 0 Å². The summed E-state index contributed by atoms with van der Waals surface area (Å²) in [6.45, 7) is 7.08. The van der Waals surface area contributed by atoms with Crippen LogP contribution in [0.25, 0.3) is 0 Å². The smallest absolute Gasteiger partial charge is 0.0948 e. The molecule has 19 heavy (non-hydrogen) atoms. The van der Waals surface area contributed by atoms with Crippen LogP contribution in [0.15, 0.2) is 12.5 Å². The molecule has 5 heteroatoms. The minimum absolute atomic E-state index is 0.709. The van der Waals surface area contributed by atoms with Crippen molar-refractivity contribution in [1.82, 2.24) is 19.8 Å². The minimum atomic E-state index is 0.709. The van der Waals surface area contributed by atoms with E-state index in [4.69, 9.17) is 0 Å². The lowest BCUT2D eigenvalue weighted by Crippen LogP contribution is -2.35. The van der Waals surface area contributed by atoms with Gasteiger partial charge in [-0.1, -0.05) is 0 Å². The Kier molecular flexibility index (Phi) is 4.80. The summed E-state index contributed by atoms with van der Waals surface area (Å²) in [6.07, 6.45) is 6.62. The SMILES string of the molecule is c1ncn(CCN2CCSCC2)c1C1CCNCC1. The number of nitrogens with one attached hydrogen (secondary N) is 1. The predicted octanol–water partition coefficient (Wildman–Crippen LogP) is 1.40. The molecule has 4 nitrogen and oxygen atoms in total. The topological polar surface area (TPSA) is 33.1 Å². The Hall–Kier alpha value is -0.520. The van der Waals surface area contributed by atoms with Crippen LogP contribution in [-0.2, 0) is 6.54 Å². The molecular formula is C14H24N4S. The fourth-order valence-electron chi connectivity index (χ4n) is 3.05. The van der Waals surface area contributed by atoms with Crippen LogP contribution < -0.4 is 5.32 Å². The predicted molar refractivity (Wildman–Crippen MR) is 80.8 cm³/mol. The van der Waals surface area contributed by atoms with Crippen LogP contribution in [0, 0.1) is 0 Å². The standard InChI is InChI=1S/C14H24N4S/c1-3-15-4-2-13(1)14-11-16-12-18(14)6-5-17-7-9-19-10-8-17/h11-13,15H,1-10H2. The van der Waals surface area contributed by atoms with Crippen molar-refractivity contribution < 1.29 is 0 Å². The highest BCUT2D eigenvalue weighted by Gasteiger charge is 2.19. The third-order valence-electron chi connectivity index (χ3n) is 4.26. The maximum Gasteiger partial charge on any atom is 0.0948 e. The zero-order valence-electron chi connectivity index (χ0n) is 11.6. The Balaban J connectivity index is 1.56. The van der Waals surface area contributed by atoms with Crippen molar-refractivity contribution >= 4 is 11.8 Å². The summed E-state index contributed by atoms with van der Waals surface area (Å²) in [7, 11) is 0. The summed E-state index contributed by atoms with van der Waals surface area (Å²) in [5.74, 6) is 3.30. The van der Waals surface area contributed by atoms with Gasteiger partial charge in [-0.2, -0.15) is 11.8 Å². The zero-order chi connectivity index (χ0) is 12.9. The fraction of sp³-hybridized carbons (Fsp3) is 0.786. The first-order valence-electron chi connectivity index (χ1n) is 7.44. The lowest BCUT2D eigenvalue weighted by atomic mass is 9.95. The van der Waals surface area contributed by atoms with E-state index >= 15 is 0 Å². The van der Waals surface area contributed by atoms with Crippen molar-refractivity contribution in [3.05, 3.63) is 18.2 Å². The maximum absolute atomic E-state index is 4.38. The first-order chi connectivity index (χ1) is 9.43. The van der Waals surface area contributed by atoms with Gasteiger partial charge in [0.25, 0.3) is 0 Å². The van der Waals surface area contributed by atoms with Crippen molar-refractivity contribution in [2.24, 2.45) is 0 Å². The van der Waals surface area contributed by atoms with E-state index in [1.165, 1.54) is 49.7 Å². The molecule has 0 bridgehead atoms. The Morgan fingerprint density at radius 2 is 2.00 bits per heavy atom. The van der Waals surface area contributed by atoms with Gasteiger partial charge < -0.3 is 9.88 Å². The molecule has 0 amide bonds. The second-order valence-corrected chi connectivity index (χ2v) is 6.71. The number of imidazole rings is 1. The van der Waals surface area contributed by atoms with Crippen molar-refractivity contribution in [2.45, 2.75) is 25.3 Å². The Morgan fingerprint density at radius 3 is 2.79 bits per heavy atom. The number of nitrogens with zero attached hydrogens (tertiary/aromatic N) is 3. The largest absolute Gasteiger partial charge is 0.333 e. The van der Waals surface area contributed by atoms with Gasteiger partial charge in [-0.3, -0.25) is 4.90 Å². The molecule has 0 aromatic carbocycles. The van der Waals surface area contributed by atoms with Crippen molar-refractivity contribution in [1.29, 1.82) is 0 Å². The van der Waals surface area contributed by atoms with E-state index in [0.29, 0.717) is 5.92 Å². The number of hydrogen-bond donors (Lipinski definition) is 1. The van der Waals surface area contributed by atoms with Gasteiger partial charge in [0, 0.05) is 55.5 Å². The second kappa shape index (κ2) is 6.77. The van der Waals surface area contributed by atoms with E-state index in [9.17, 15) is 0 Å². The molecule has 2 fully saturated rings. The number of aromatic nitrogens is 2. The van der Waals surface area contributed by atoms with Crippen LogP contribution in [0.1, 0.15) is 24.5 Å².